The first-order valence-electron chi connectivity index (χ1n) is 10.2. The number of carbonyl (C=O) groups is 1. The summed E-state index contributed by atoms with van der Waals surface area (Å²) in [5, 5.41) is 2.58. The van der Waals surface area contributed by atoms with E-state index in [1.807, 2.05) is 30.3 Å². The number of methoxy groups -OCH3 is 1. The van der Waals surface area contributed by atoms with Crippen LogP contribution in [0.1, 0.15) is 23.5 Å². The summed E-state index contributed by atoms with van der Waals surface area (Å²) < 4.78 is 38.5. The normalized spacial score (nSPS) is 19.4. The first-order valence-corrected chi connectivity index (χ1v) is 10.2. The number of benzene rings is 2. The fraction of sp³-hybridized carbons (Fsp3) is 0.292. The molecule has 6 nitrogen and oxygen atoms in total. The minimum atomic E-state index is -0.818. The molecule has 1 aliphatic rings. The molecule has 0 spiro atoms. The second-order valence-electron chi connectivity index (χ2n) is 7.84. The SMILES string of the molecule is COCc1nc(C)ncc1OC[C@@]1(c2ccccc2)C[C@H]1C(=O)Nc1ccc(F)cc1F. The van der Waals surface area contributed by atoms with E-state index in [2.05, 4.69) is 15.3 Å². The van der Waals surface area contributed by atoms with Crippen LogP contribution in [0.4, 0.5) is 14.5 Å². The average molecular weight is 439 g/mol. The van der Waals surface area contributed by atoms with E-state index in [0.717, 1.165) is 17.7 Å². The van der Waals surface area contributed by atoms with Gasteiger partial charge in [-0.05, 0) is 31.0 Å². The van der Waals surface area contributed by atoms with Gasteiger partial charge in [0.05, 0.1) is 31.0 Å². The molecule has 0 saturated heterocycles. The molecule has 32 heavy (non-hydrogen) atoms. The summed E-state index contributed by atoms with van der Waals surface area (Å²) in [4.78, 5) is 21.5. The molecule has 2 atom stereocenters. The van der Waals surface area contributed by atoms with Crippen LogP contribution in [0.5, 0.6) is 5.75 Å². The summed E-state index contributed by atoms with van der Waals surface area (Å²) in [7, 11) is 1.57. The van der Waals surface area contributed by atoms with Gasteiger partial charge >= 0.3 is 0 Å². The Morgan fingerprint density at radius 3 is 2.72 bits per heavy atom. The van der Waals surface area contributed by atoms with Crippen LogP contribution < -0.4 is 10.1 Å². The summed E-state index contributed by atoms with van der Waals surface area (Å²) >= 11 is 0. The van der Waals surface area contributed by atoms with Crippen LogP contribution in [0.15, 0.2) is 54.7 Å². The smallest absolute Gasteiger partial charge is 0.228 e. The van der Waals surface area contributed by atoms with E-state index < -0.39 is 23.0 Å². The molecule has 1 saturated carbocycles. The lowest BCUT2D eigenvalue weighted by Crippen LogP contribution is -2.27. The van der Waals surface area contributed by atoms with Gasteiger partial charge < -0.3 is 14.8 Å². The molecule has 8 heteroatoms. The average Bonchev–Trinajstić information content (AvgIpc) is 3.52. The highest BCUT2D eigenvalue weighted by molar-refractivity contribution is 5.96. The Kier molecular flexibility index (Phi) is 6.14. The Labute approximate surface area is 184 Å². The van der Waals surface area contributed by atoms with Crippen LogP contribution in [0.3, 0.4) is 0 Å². The summed E-state index contributed by atoms with van der Waals surface area (Å²) in [5.74, 6) is -1.21. The van der Waals surface area contributed by atoms with Gasteiger partial charge in [0.1, 0.15) is 23.2 Å². The van der Waals surface area contributed by atoms with E-state index >= 15 is 0 Å². The number of ether oxygens (including phenoxy) is 2. The van der Waals surface area contributed by atoms with Gasteiger partial charge in [-0.2, -0.15) is 0 Å². The van der Waals surface area contributed by atoms with Gasteiger partial charge in [-0.1, -0.05) is 30.3 Å². The van der Waals surface area contributed by atoms with Crippen molar-refractivity contribution < 1.29 is 23.0 Å². The zero-order valence-corrected chi connectivity index (χ0v) is 17.8. The van der Waals surface area contributed by atoms with Crippen molar-refractivity contribution in [3.05, 3.63) is 83.4 Å². The quantitative estimate of drug-likeness (QED) is 0.570. The Balaban J connectivity index is 1.56. The number of anilines is 1. The van der Waals surface area contributed by atoms with Crippen LogP contribution in [0, 0.1) is 24.5 Å². The highest BCUT2D eigenvalue weighted by Crippen LogP contribution is 2.55. The molecule has 1 aliphatic carbocycles. The molecule has 1 fully saturated rings. The maximum Gasteiger partial charge on any atom is 0.228 e. The number of aryl methyl sites for hydroxylation is 1. The van der Waals surface area contributed by atoms with E-state index in [-0.39, 0.29) is 24.8 Å². The Hall–Kier alpha value is -3.39. The first-order chi connectivity index (χ1) is 15.4. The molecule has 0 unspecified atom stereocenters. The number of amides is 1. The third-order valence-corrected chi connectivity index (χ3v) is 5.65. The second-order valence-corrected chi connectivity index (χ2v) is 7.84. The van der Waals surface area contributed by atoms with Crippen molar-refractivity contribution in [2.45, 2.75) is 25.4 Å². The molecular weight excluding hydrogens is 416 g/mol. The largest absolute Gasteiger partial charge is 0.489 e. The molecule has 4 rings (SSSR count). The molecule has 1 amide bonds. The maximum absolute atomic E-state index is 14.0. The number of carbonyl (C=O) groups excluding carboxylic acids is 1. The molecule has 1 N–H and O–H groups in total. The van der Waals surface area contributed by atoms with Crippen molar-refractivity contribution in [1.29, 1.82) is 0 Å². The van der Waals surface area contributed by atoms with Gasteiger partial charge in [-0.25, -0.2) is 18.7 Å². The van der Waals surface area contributed by atoms with Crippen LogP contribution in [-0.2, 0) is 21.6 Å². The zero-order valence-electron chi connectivity index (χ0n) is 17.8. The molecule has 0 radical (unpaired) electrons. The fourth-order valence-corrected chi connectivity index (χ4v) is 3.86. The van der Waals surface area contributed by atoms with Crippen molar-refractivity contribution in [2.75, 3.05) is 19.0 Å². The van der Waals surface area contributed by atoms with Crippen molar-refractivity contribution in [3.63, 3.8) is 0 Å². The monoisotopic (exact) mass is 439 g/mol. The Morgan fingerprint density at radius 1 is 1.22 bits per heavy atom. The van der Waals surface area contributed by atoms with E-state index in [4.69, 9.17) is 9.47 Å². The van der Waals surface area contributed by atoms with E-state index in [1.165, 1.54) is 6.07 Å². The highest BCUT2D eigenvalue weighted by Gasteiger charge is 2.60. The lowest BCUT2D eigenvalue weighted by Gasteiger charge is -2.20. The third-order valence-electron chi connectivity index (χ3n) is 5.65. The molecule has 1 aromatic heterocycles. The van der Waals surface area contributed by atoms with Gasteiger partial charge in [0.15, 0.2) is 5.75 Å². The molecule has 0 bridgehead atoms. The van der Waals surface area contributed by atoms with Crippen LogP contribution >= 0.6 is 0 Å². The van der Waals surface area contributed by atoms with Crippen LogP contribution in [0.2, 0.25) is 0 Å². The lowest BCUT2D eigenvalue weighted by molar-refractivity contribution is -0.117. The molecule has 3 aromatic rings. The number of hydrogen-bond donors (Lipinski definition) is 1. The zero-order chi connectivity index (χ0) is 22.7. The Bertz CT molecular complexity index is 1130. The van der Waals surface area contributed by atoms with Gasteiger partial charge in [0.2, 0.25) is 5.91 Å². The summed E-state index contributed by atoms with van der Waals surface area (Å²) in [6.45, 7) is 2.26. The topological polar surface area (TPSA) is 73.3 Å². The maximum atomic E-state index is 14.0. The summed E-state index contributed by atoms with van der Waals surface area (Å²) in [5.41, 5.74) is 0.927. The third kappa shape index (κ3) is 4.45. The van der Waals surface area contributed by atoms with Gasteiger partial charge in [0, 0.05) is 18.6 Å². The minimum Gasteiger partial charge on any atom is -0.489 e. The molecule has 0 aliphatic heterocycles. The fourth-order valence-electron chi connectivity index (χ4n) is 3.86. The van der Waals surface area contributed by atoms with Gasteiger partial charge in [-0.3, -0.25) is 4.79 Å². The highest BCUT2D eigenvalue weighted by atomic mass is 19.1. The van der Waals surface area contributed by atoms with Crippen molar-refractivity contribution in [1.82, 2.24) is 9.97 Å². The molecular formula is C24H23F2N3O3. The van der Waals surface area contributed by atoms with Crippen molar-refractivity contribution >= 4 is 11.6 Å². The van der Waals surface area contributed by atoms with Crippen molar-refractivity contribution in [2.24, 2.45) is 5.92 Å². The predicted molar refractivity (Wildman–Crippen MR) is 114 cm³/mol. The number of rotatable bonds is 8. The standard InChI is InChI=1S/C24H23F2N3O3/c1-15-27-12-22(21(28-15)13-31-2)32-14-24(16-6-4-3-5-7-16)11-18(24)23(30)29-20-9-8-17(25)10-19(20)26/h3-10,12,18H,11,13-14H2,1-2H3,(H,29,30)/t18-,24+/m0/s1. The number of nitrogens with zero attached hydrogens (tertiary/aromatic N) is 2. The number of hydrogen-bond acceptors (Lipinski definition) is 5. The number of aromatic nitrogens is 2. The summed E-state index contributed by atoms with van der Waals surface area (Å²) in [6.07, 6.45) is 2.12. The van der Waals surface area contributed by atoms with Gasteiger partial charge in [-0.15, -0.1) is 0 Å². The Morgan fingerprint density at radius 2 is 2.00 bits per heavy atom. The van der Waals surface area contributed by atoms with E-state index in [1.54, 1.807) is 20.2 Å². The van der Waals surface area contributed by atoms with E-state index in [0.29, 0.717) is 23.7 Å². The predicted octanol–water partition coefficient (Wildman–Crippen LogP) is 4.19. The van der Waals surface area contributed by atoms with Crippen LogP contribution in [-0.4, -0.2) is 29.6 Å². The lowest BCUT2D eigenvalue weighted by atomic mass is 9.93. The first kappa shape index (κ1) is 21.8. The molecule has 166 valence electrons. The number of halogens is 2. The minimum absolute atomic E-state index is 0.0551. The van der Waals surface area contributed by atoms with Crippen LogP contribution in [0.25, 0.3) is 0 Å². The molecule has 1 heterocycles. The van der Waals surface area contributed by atoms with Gasteiger partial charge in [0.25, 0.3) is 0 Å². The number of nitrogens with one attached hydrogen (secondary N) is 1. The second kappa shape index (κ2) is 9.00. The summed E-state index contributed by atoms with van der Waals surface area (Å²) in [6, 6.07) is 12.6. The molecule has 2 aromatic carbocycles. The van der Waals surface area contributed by atoms with E-state index in [9.17, 15) is 13.6 Å². The van der Waals surface area contributed by atoms with Crippen molar-refractivity contribution in [3.8, 4) is 5.75 Å².